The molecule has 0 amide bonds. The molecule has 1 heterocycles. The zero-order valence-corrected chi connectivity index (χ0v) is 13.2. The van der Waals surface area contributed by atoms with Crippen molar-refractivity contribution in [3.05, 3.63) is 28.8 Å². The zero-order valence-electron chi connectivity index (χ0n) is 12.4. The van der Waals surface area contributed by atoms with E-state index in [1.54, 1.807) is 7.11 Å². The van der Waals surface area contributed by atoms with Gasteiger partial charge in [-0.3, -0.25) is 4.90 Å². The summed E-state index contributed by atoms with van der Waals surface area (Å²) >= 11 is 6.11. The van der Waals surface area contributed by atoms with E-state index in [9.17, 15) is 0 Å². The Morgan fingerprint density at radius 1 is 1.45 bits per heavy atom. The molecule has 1 fully saturated rings. The van der Waals surface area contributed by atoms with Crippen LogP contribution in [0.1, 0.15) is 31.7 Å². The van der Waals surface area contributed by atoms with Crippen LogP contribution >= 0.6 is 11.6 Å². The maximum atomic E-state index is 6.11. The molecule has 2 N–H and O–H groups in total. The third-order valence-corrected chi connectivity index (χ3v) is 4.65. The Hall–Kier alpha value is -0.770. The molecule has 0 radical (unpaired) electrons. The number of rotatable bonds is 5. The van der Waals surface area contributed by atoms with Crippen LogP contribution in [0.15, 0.2) is 18.2 Å². The number of hydrogen-bond acceptors (Lipinski definition) is 3. The van der Waals surface area contributed by atoms with Gasteiger partial charge in [-0.05, 0) is 43.5 Å². The van der Waals surface area contributed by atoms with E-state index >= 15 is 0 Å². The van der Waals surface area contributed by atoms with Crippen molar-refractivity contribution >= 4 is 11.6 Å². The number of halogens is 1. The van der Waals surface area contributed by atoms with E-state index < -0.39 is 0 Å². The molecular weight excluding hydrogens is 272 g/mol. The van der Waals surface area contributed by atoms with Gasteiger partial charge in [-0.2, -0.15) is 0 Å². The molecule has 4 heteroatoms. The molecule has 2 unspecified atom stereocenters. The highest BCUT2D eigenvalue weighted by Gasteiger charge is 2.27. The van der Waals surface area contributed by atoms with E-state index in [4.69, 9.17) is 22.1 Å². The quantitative estimate of drug-likeness (QED) is 0.906. The SMILES string of the molecule is CCC1CCN(Cc2cc(Cl)ccc2OC)C(CN)C1. The molecule has 0 saturated carbocycles. The van der Waals surface area contributed by atoms with Crippen LogP contribution < -0.4 is 10.5 Å². The standard InChI is InChI=1S/C16H25ClN2O/c1-3-12-6-7-19(15(8-12)10-18)11-13-9-14(17)4-5-16(13)20-2/h4-5,9,12,15H,3,6-8,10-11,18H2,1-2H3. The van der Waals surface area contributed by atoms with Gasteiger partial charge < -0.3 is 10.5 Å². The fourth-order valence-corrected chi connectivity index (χ4v) is 3.29. The first-order valence-corrected chi connectivity index (χ1v) is 7.82. The molecule has 2 rings (SSSR count). The van der Waals surface area contributed by atoms with Gasteiger partial charge in [0.25, 0.3) is 0 Å². The van der Waals surface area contributed by atoms with Crippen molar-refractivity contribution in [1.29, 1.82) is 0 Å². The Balaban J connectivity index is 2.10. The van der Waals surface area contributed by atoms with Crippen molar-refractivity contribution in [2.24, 2.45) is 11.7 Å². The molecule has 1 aromatic rings. The summed E-state index contributed by atoms with van der Waals surface area (Å²) in [5, 5.41) is 0.758. The third-order valence-electron chi connectivity index (χ3n) is 4.41. The normalized spacial score (nSPS) is 23.8. The molecule has 0 aromatic heterocycles. The highest BCUT2D eigenvalue weighted by atomic mass is 35.5. The van der Waals surface area contributed by atoms with E-state index in [0.29, 0.717) is 6.04 Å². The van der Waals surface area contributed by atoms with E-state index in [1.807, 2.05) is 18.2 Å². The monoisotopic (exact) mass is 296 g/mol. The second-order valence-electron chi connectivity index (χ2n) is 5.61. The second-order valence-corrected chi connectivity index (χ2v) is 6.05. The smallest absolute Gasteiger partial charge is 0.123 e. The van der Waals surface area contributed by atoms with Crippen LogP contribution in [-0.4, -0.2) is 31.1 Å². The average molecular weight is 297 g/mol. The van der Waals surface area contributed by atoms with Gasteiger partial charge in [0, 0.05) is 29.7 Å². The van der Waals surface area contributed by atoms with Crippen LogP contribution in [-0.2, 0) is 6.54 Å². The molecule has 1 aliphatic heterocycles. The Morgan fingerprint density at radius 3 is 2.90 bits per heavy atom. The summed E-state index contributed by atoms with van der Waals surface area (Å²) in [5.41, 5.74) is 7.11. The average Bonchev–Trinajstić information content (AvgIpc) is 2.48. The highest BCUT2D eigenvalue weighted by molar-refractivity contribution is 6.30. The third kappa shape index (κ3) is 3.66. The Morgan fingerprint density at radius 2 is 2.25 bits per heavy atom. The van der Waals surface area contributed by atoms with Crippen LogP contribution in [0.3, 0.4) is 0 Å². The molecule has 20 heavy (non-hydrogen) atoms. The molecule has 1 aliphatic rings. The summed E-state index contributed by atoms with van der Waals surface area (Å²) in [4.78, 5) is 2.47. The summed E-state index contributed by atoms with van der Waals surface area (Å²) in [6.45, 7) is 4.96. The van der Waals surface area contributed by atoms with E-state index in [-0.39, 0.29) is 0 Å². The van der Waals surface area contributed by atoms with Crippen LogP contribution in [0.2, 0.25) is 5.02 Å². The summed E-state index contributed by atoms with van der Waals surface area (Å²) in [7, 11) is 1.70. The molecular formula is C16H25ClN2O. The molecule has 1 aromatic carbocycles. The van der Waals surface area contributed by atoms with Gasteiger partial charge in [-0.25, -0.2) is 0 Å². The number of nitrogens with two attached hydrogens (primary N) is 1. The maximum absolute atomic E-state index is 6.11. The van der Waals surface area contributed by atoms with Gasteiger partial charge in [0.15, 0.2) is 0 Å². The Bertz CT molecular complexity index is 438. The van der Waals surface area contributed by atoms with Crippen molar-refractivity contribution in [3.63, 3.8) is 0 Å². The van der Waals surface area contributed by atoms with Gasteiger partial charge >= 0.3 is 0 Å². The number of hydrogen-bond donors (Lipinski definition) is 1. The van der Waals surface area contributed by atoms with Crippen molar-refractivity contribution in [3.8, 4) is 5.75 Å². The number of nitrogens with zero attached hydrogens (tertiary/aromatic N) is 1. The van der Waals surface area contributed by atoms with Crippen molar-refractivity contribution in [1.82, 2.24) is 4.90 Å². The molecule has 112 valence electrons. The number of likely N-dealkylation sites (tertiary alicyclic amines) is 1. The fraction of sp³-hybridized carbons (Fsp3) is 0.625. The van der Waals surface area contributed by atoms with Crippen molar-refractivity contribution in [2.45, 2.75) is 38.8 Å². The first-order valence-electron chi connectivity index (χ1n) is 7.44. The molecule has 0 bridgehead atoms. The van der Waals surface area contributed by atoms with E-state index in [1.165, 1.54) is 19.3 Å². The number of benzene rings is 1. The molecule has 3 nitrogen and oxygen atoms in total. The minimum Gasteiger partial charge on any atom is -0.496 e. The van der Waals surface area contributed by atoms with Crippen molar-refractivity contribution < 1.29 is 4.74 Å². The number of methoxy groups -OCH3 is 1. The largest absolute Gasteiger partial charge is 0.496 e. The first kappa shape index (κ1) is 15.6. The van der Waals surface area contributed by atoms with Gasteiger partial charge in [0.1, 0.15) is 5.75 Å². The Labute approximate surface area is 127 Å². The van der Waals surface area contributed by atoms with Gasteiger partial charge in [0.05, 0.1) is 7.11 Å². The van der Waals surface area contributed by atoms with Crippen LogP contribution in [0.4, 0.5) is 0 Å². The van der Waals surface area contributed by atoms with Gasteiger partial charge in [-0.15, -0.1) is 0 Å². The first-order chi connectivity index (χ1) is 9.67. The lowest BCUT2D eigenvalue weighted by Gasteiger charge is -2.39. The minimum atomic E-state index is 0.470. The summed E-state index contributed by atoms with van der Waals surface area (Å²) in [5.74, 6) is 1.73. The van der Waals surface area contributed by atoms with Crippen LogP contribution in [0.5, 0.6) is 5.75 Å². The van der Waals surface area contributed by atoms with E-state index in [2.05, 4.69) is 11.8 Å². The summed E-state index contributed by atoms with van der Waals surface area (Å²) < 4.78 is 5.44. The van der Waals surface area contributed by atoms with Crippen molar-refractivity contribution in [2.75, 3.05) is 20.2 Å². The lowest BCUT2D eigenvalue weighted by atomic mass is 9.88. The zero-order chi connectivity index (χ0) is 14.5. The Kier molecular flexibility index (Phi) is 5.70. The topological polar surface area (TPSA) is 38.5 Å². The van der Waals surface area contributed by atoms with Crippen LogP contribution in [0, 0.1) is 5.92 Å². The maximum Gasteiger partial charge on any atom is 0.123 e. The molecule has 2 atom stereocenters. The predicted octanol–water partition coefficient (Wildman–Crippen LogP) is 3.30. The minimum absolute atomic E-state index is 0.470. The lowest BCUT2D eigenvalue weighted by Crippen LogP contribution is -2.46. The van der Waals surface area contributed by atoms with E-state index in [0.717, 1.165) is 41.9 Å². The van der Waals surface area contributed by atoms with Gasteiger partial charge in [0.2, 0.25) is 0 Å². The summed E-state index contributed by atoms with van der Waals surface area (Å²) in [6, 6.07) is 6.28. The predicted molar refractivity (Wildman–Crippen MR) is 84.3 cm³/mol. The number of piperidine rings is 1. The summed E-state index contributed by atoms with van der Waals surface area (Å²) in [6.07, 6.45) is 3.72. The highest BCUT2D eigenvalue weighted by Crippen LogP contribution is 2.29. The molecule has 0 spiro atoms. The molecule has 1 saturated heterocycles. The van der Waals surface area contributed by atoms with Gasteiger partial charge in [-0.1, -0.05) is 24.9 Å². The second kappa shape index (κ2) is 7.30. The van der Waals surface area contributed by atoms with Crippen LogP contribution in [0.25, 0.3) is 0 Å². The number of ether oxygens (including phenoxy) is 1. The fourth-order valence-electron chi connectivity index (χ4n) is 3.10. The lowest BCUT2D eigenvalue weighted by molar-refractivity contribution is 0.106. The molecule has 0 aliphatic carbocycles.